The molecule has 0 saturated heterocycles. The molecule has 5 aliphatic carbocycles. The molecular formula is C27H40O5. The second-order valence-electron chi connectivity index (χ2n) is 12.3. The standard InChI is InChI=1S/C27H40O5/c1-6-32-20(29)9-12-26(30)15(2)13-19-22-18(8-11-25(19,26)5)24(4)10-7-17(28)14-27(24,31)23-16(3)21(22)23/h15-19,21-23,28,30-31H,6-8,10-11,13-14H2,1-5H3/t15?,16-,17?,18?,19?,21?,22?,23?,24?,25?,26?,27?/m1/s1. The minimum atomic E-state index is -1.21. The van der Waals surface area contributed by atoms with Crippen LogP contribution in [0.25, 0.3) is 0 Å². The number of hydrogen-bond acceptors (Lipinski definition) is 5. The maximum Gasteiger partial charge on any atom is 0.384 e. The van der Waals surface area contributed by atoms with Crippen LogP contribution >= 0.6 is 0 Å². The van der Waals surface area contributed by atoms with E-state index in [9.17, 15) is 20.1 Å². The van der Waals surface area contributed by atoms with Gasteiger partial charge in [0.25, 0.3) is 0 Å². The second kappa shape index (κ2) is 6.96. The molecule has 32 heavy (non-hydrogen) atoms. The SMILES string of the molecule is CCOC(=O)C#CC1(O)C(C)CC2C3C4C([C@@H]4C)C4(O)CC(O)CCC4(C)C3CCC21C. The van der Waals surface area contributed by atoms with E-state index in [2.05, 4.69) is 39.5 Å². The molecule has 5 saturated carbocycles. The first kappa shape index (κ1) is 22.7. The summed E-state index contributed by atoms with van der Waals surface area (Å²) in [4.78, 5) is 11.9. The molecule has 3 N–H and O–H groups in total. The van der Waals surface area contributed by atoms with Crippen LogP contribution in [0.5, 0.6) is 0 Å². The number of esters is 1. The summed E-state index contributed by atoms with van der Waals surface area (Å²) >= 11 is 0. The Morgan fingerprint density at radius 1 is 1.06 bits per heavy atom. The van der Waals surface area contributed by atoms with E-state index in [0.717, 1.165) is 32.1 Å². The van der Waals surface area contributed by atoms with Crippen molar-refractivity contribution in [1.82, 2.24) is 0 Å². The highest BCUT2D eigenvalue weighted by Crippen LogP contribution is 2.78. The van der Waals surface area contributed by atoms with Gasteiger partial charge in [-0.1, -0.05) is 33.6 Å². The summed E-state index contributed by atoms with van der Waals surface area (Å²) in [5, 5.41) is 34.4. The Balaban J connectivity index is 1.52. The molecule has 0 aromatic heterocycles. The lowest BCUT2D eigenvalue weighted by Crippen LogP contribution is -2.65. The van der Waals surface area contributed by atoms with Crippen LogP contribution in [0.1, 0.15) is 73.1 Å². The Morgan fingerprint density at radius 2 is 1.75 bits per heavy atom. The molecule has 0 amide bonds. The van der Waals surface area contributed by atoms with Crippen molar-refractivity contribution >= 4 is 5.97 Å². The third-order valence-electron chi connectivity index (χ3n) is 11.3. The molecule has 5 heteroatoms. The lowest BCUT2D eigenvalue weighted by atomic mass is 9.43. The number of aliphatic hydroxyl groups excluding tert-OH is 1. The lowest BCUT2D eigenvalue weighted by molar-refractivity contribution is -0.230. The Kier molecular flexibility index (Phi) is 4.94. The van der Waals surface area contributed by atoms with Crippen LogP contribution in [-0.2, 0) is 9.53 Å². The molecule has 5 nitrogen and oxygen atoms in total. The highest BCUT2D eigenvalue weighted by atomic mass is 16.5. The first-order chi connectivity index (χ1) is 14.9. The van der Waals surface area contributed by atoms with Crippen LogP contribution in [0, 0.1) is 64.1 Å². The molecule has 11 unspecified atom stereocenters. The van der Waals surface area contributed by atoms with Crippen molar-refractivity contribution in [3.8, 4) is 11.8 Å². The molecule has 0 aromatic carbocycles. The van der Waals surface area contributed by atoms with Gasteiger partial charge in [-0.25, -0.2) is 4.79 Å². The summed E-state index contributed by atoms with van der Waals surface area (Å²) in [6.45, 7) is 10.9. The monoisotopic (exact) mass is 444 g/mol. The maximum absolute atomic E-state index is 12.0. The van der Waals surface area contributed by atoms with Crippen molar-refractivity contribution in [2.24, 2.45) is 52.3 Å². The summed E-state index contributed by atoms with van der Waals surface area (Å²) in [7, 11) is 0. The molecule has 12 atom stereocenters. The molecule has 0 radical (unpaired) electrons. The maximum atomic E-state index is 12.0. The highest BCUT2D eigenvalue weighted by Gasteiger charge is 2.78. The van der Waals surface area contributed by atoms with E-state index >= 15 is 0 Å². The summed E-state index contributed by atoms with van der Waals surface area (Å²) < 4.78 is 4.99. The molecule has 0 bridgehead atoms. The highest BCUT2D eigenvalue weighted by molar-refractivity contribution is 5.88. The smallest absolute Gasteiger partial charge is 0.384 e. The molecule has 0 aliphatic heterocycles. The molecular weight excluding hydrogens is 404 g/mol. The predicted molar refractivity (Wildman–Crippen MR) is 120 cm³/mol. The van der Waals surface area contributed by atoms with Crippen molar-refractivity contribution in [2.75, 3.05) is 6.61 Å². The third kappa shape index (κ3) is 2.61. The topological polar surface area (TPSA) is 87.0 Å². The number of ether oxygens (including phenoxy) is 1. The van der Waals surface area contributed by atoms with Crippen molar-refractivity contribution in [1.29, 1.82) is 0 Å². The molecule has 5 aliphatic rings. The molecule has 0 spiro atoms. The average molecular weight is 445 g/mol. The Hall–Kier alpha value is -1.09. The molecule has 178 valence electrons. The van der Waals surface area contributed by atoms with E-state index in [1.807, 2.05) is 0 Å². The van der Waals surface area contributed by atoms with Crippen molar-refractivity contribution < 1.29 is 24.9 Å². The number of rotatable bonds is 1. The van der Waals surface area contributed by atoms with Gasteiger partial charge in [-0.2, -0.15) is 0 Å². The summed E-state index contributed by atoms with van der Waals surface area (Å²) in [6, 6.07) is 0. The van der Waals surface area contributed by atoms with Gasteiger partial charge in [0.15, 0.2) is 0 Å². The van der Waals surface area contributed by atoms with Crippen LogP contribution in [0.3, 0.4) is 0 Å². The van der Waals surface area contributed by atoms with Gasteiger partial charge in [0, 0.05) is 17.8 Å². The van der Waals surface area contributed by atoms with Gasteiger partial charge < -0.3 is 20.1 Å². The number of carbonyl (C=O) groups excluding carboxylic acids is 1. The van der Waals surface area contributed by atoms with E-state index in [-0.39, 0.29) is 29.3 Å². The van der Waals surface area contributed by atoms with E-state index in [0.29, 0.717) is 36.0 Å². The van der Waals surface area contributed by atoms with Crippen molar-refractivity contribution in [3.05, 3.63) is 0 Å². The van der Waals surface area contributed by atoms with Gasteiger partial charge in [0.2, 0.25) is 0 Å². The van der Waals surface area contributed by atoms with Gasteiger partial charge in [-0.15, -0.1) is 0 Å². The van der Waals surface area contributed by atoms with E-state index in [1.54, 1.807) is 6.92 Å². The number of fused-ring (bicyclic) bond motifs is 8. The van der Waals surface area contributed by atoms with E-state index < -0.39 is 23.3 Å². The zero-order chi connectivity index (χ0) is 23.3. The fourth-order valence-corrected chi connectivity index (χ4v) is 9.64. The van der Waals surface area contributed by atoms with Gasteiger partial charge in [-0.05, 0) is 85.9 Å². The zero-order valence-electron chi connectivity index (χ0n) is 20.2. The minimum Gasteiger partial charge on any atom is -0.456 e. The normalized spacial score (nSPS) is 57.8. The summed E-state index contributed by atoms with van der Waals surface area (Å²) in [5.74, 6) is 7.30. The van der Waals surface area contributed by atoms with Crippen LogP contribution in [0.4, 0.5) is 0 Å². The lowest BCUT2D eigenvalue weighted by Gasteiger charge is -2.63. The van der Waals surface area contributed by atoms with Crippen LogP contribution in [0.15, 0.2) is 0 Å². The van der Waals surface area contributed by atoms with E-state index in [4.69, 9.17) is 4.74 Å². The zero-order valence-corrected chi connectivity index (χ0v) is 20.2. The van der Waals surface area contributed by atoms with Crippen LogP contribution in [-0.4, -0.2) is 45.2 Å². The quantitative estimate of drug-likeness (QED) is 0.329. The van der Waals surface area contributed by atoms with Crippen LogP contribution < -0.4 is 0 Å². The molecule has 0 heterocycles. The molecule has 5 rings (SSSR count). The Morgan fingerprint density at radius 3 is 2.44 bits per heavy atom. The number of aliphatic hydroxyl groups is 3. The van der Waals surface area contributed by atoms with Gasteiger partial charge in [-0.3, -0.25) is 0 Å². The first-order valence-corrected chi connectivity index (χ1v) is 12.8. The second-order valence-corrected chi connectivity index (χ2v) is 12.3. The largest absolute Gasteiger partial charge is 0.456 e. The van der Waals surface area contributed by atoms with Crippen LogP contribution in [0.2, 0.25) is 0 Å². The molecule has 0 aromatic rings. The van der Waals surface area contributed by atoms with E-state index in [1.165, 1.54) is 0 Å². The summed E-state index contributed by atoms with van der Waals surface area (Å²) in [5.41, 5.74) is -2.56. The number of hydrogen-bond donors (Lipinski definition) is 3. The minimum absolute atomic E-state index is 0.0209. The molecule has 5 fully saturated rings. The summed E-state index contributed by atoms with van der Waals surface area (Å²) in [6.07, 6.45) is 4.44. The number of carbonyl (C=O) groups is 1. The Bertz CT molecular complexity index is 875. The third-order valence-corrected chi connectivity index (χ3v) is 11.3. The van der Waals surface area contributed by atoms with Gasteiger partial charge in [0.05, 0.1) is 18.3 Å². The Labute approximate surface area is 192 Å². The first-order valence-electron chi connectivity index (χ1n) is 12.8. The fourth-order valence-electron chi connectivity index (χ4n) is 9.64. The van der Waals surface area contributed by atoms with Crippen molar-refractivity contribution in [2.45, 2.75) is 90.4 Å². The van der Waals surface area contributed by atoms with Gasteiger partial charge in [0.1, 0.15) is 5.60 Å². The fraction of sp³-hybridized carbons (Fsp3) is 0.889. The van der Waals surface area contributed by atoms with Gasteiger partial charge >= 0.3 is 5.97 Å². The van der Waals surface area contributed by atoms with Crippen molar-refractivity contribution in [3.63, 3.8) is 0 Å². The average Bonchev–Trinajstić information content (AvgIpc) is 3.36. The predicted octanol–water partition coefficient (Wildman–Crippen LogP) is 3.15.